The number of nitrogens with two attached hydrogens (primary N) is 1. The second-order valence-electron chi connectivity index (χ2n) is 8.74. The molecule has 0 radical (unpaired) electrons. The number of esters is 1. The molecule has 9 nitrogen and oxygen atoms in total. The van der Waals surface area contributed by atoms with E-state index in [2.05, 4.69) is 15.6 Å². The molecule has 0 fully saturated rings. The molecular formula is C29H27F3N4O5. The SMILES string of the molecule is CCOC(=O)C1=C(c2ccccc2)NC(N)=N[C@@H]1c1ccc(OCC(=O)Nc2cccc(C(F)(F)F)c2)c(OC)c1. The van der Waals surface area contributed by atoms with Crippen molar-refractivity contribution in [2.45, 2.75) is 19.1 Å². The molecule has 1 atom stereocenters. The average molecular weight is 569 g/mol. The highest BCUT2D eigenvalue weighted by molar-refractivity contribution is 6.04. The van der Waals surface area contributed by atoms with Crippen LogP contribution >= 0.6 is 0 Å². The van der Waals surface area contributed by atoms with Crippen LogP contribution in [0.25, 0.3) is 5.70 Å². The van der Waals surface area contributed by atoms with E-state index in [-0.39, 0.29) is 35.3 Å². The number of rotatable bonds is 9. The van der Waals surface area contributed by atoms with Gasteiger partial charge in [-0.3, -0.25) is 4.79 Å². The quantitative estimate of drug-likeness (QED) is 0.321. The smallest absolute Gasteiger partial charge is 0.416 e. The Morgan fingerprint density at radius 2 is 1.78 bits per heavy atom. The number of anilines is 1. The van der Waals surface area contributed by atoms with Gasteiger partial charge in [0, 0.05) is 5.69 Å². The Labute approximate surface area is 233 Å². The topological polar surface area (TPSA) is 124 Å². The van der Waals surface area contributed by atoms with Crippen LogP contribution in [0.1, 0.15) is 29.7 Å². The maximum Gasteiger partial charge on any atom is 0.416 e. The fraction of sp³-hybridized carbons (Fsp3) is 0.207. The lowest BCUT2D eigenvalue weighted by atomic mass is 9.93. The molecule has 0 saturated heterocycles. The van der Waals surface area contributed by atoms with Crippen molar-refractivity contribution in [1.29, 1.82) is 0 Å². The number of hydrogen-bond donors (Lipinski definition) is 3. The number of nitrogens with one attached hydrogen (secondary N) is 2. The third-order valence-corrected chi connectivity index (χ3v) is 5.96. The summed E-state index contributed by atoms with van der Waals surface area (Å²) in [6.07, 6.45) is -4.54. The van der Waals surface area contributed by atoms with Crippen LogP contribution in [0, 0.1) is 0 Å². The van der Waals surface area contributed by atoms with Gasteiger partial charge >= 0.3 is 12.1 Å². The summed E-state index contributed by atoms with van der Waals surface area (Å²) >= 11 is 0. The summed E-state index contributed by atoms with van der Waals surface area (Å²) in [6.45, 7) is 1.34. The molecule has 1 heterocycles. The number of guanidine groups is 1. The van der Waals surface area contributed by atoms with E-state index in [4.69, 9.17) is 19.9 Å². The Morgan fingerprint density at radius 1 is 1.02 bits per heavy atom. The number of amides is 1. The third-order valence-electron chi connectivity index (χ3n) is 5.96. The number of carbonyl (C=O) groups is 2. The first kappa shape index (κ1) is 29.0. The molecule has 0 bridgehead atoms. The summed E-state index contributed by atoms with van der Waals surface area (Å²) in [5, 5.41) is 5.35. The molecule has 0 unspecified atom stereocenters. The number of ether oxygens (including phenoxy) is 3. The monoisotopic (exact) mass is 568 g/mol. The predicted octanol–water partition coefficient (Wildman–Crippen LogP) is 4.66. The molecule has 214 valence electrons. The standard InChI is InChI=1S/C29H27F3N4O5/c1-3-40-27(38)24-25(17-8-5-4-6-9-17)35-28(33)36-26(24)18-12-13-21(22(14-18)39-2)41-16-23(37)34-20-11-7-10-19(15-20)29(30,31)32/h4-15,26H,3,16H2,1-2H3,(H,34,37)(H3,33,35,36)/t26-/m1/s1. The maximum atomic E-state index is 13.1. The molecule has 0 spiro atoms. The molecule has 3 aromatic carbocycles. The zero-order valence-corrected chi connectivity index (χ0v) is 22.1. The molecule has 12 heteroatoms. The number of hydrogen-bond acceptors (Lipinski definition) is 8. The van der Waals surface area contributed by atoms with Crippen LogP contribution in [0.5, 0.6) is 11.5 Å². The van der Waals surface area contributed by atoms with E-state index < -0.39 is 36.3 Å². The number of benzene rings is 3. The Hall–Kier alpha value is -5.00. The van der Waals surface area contributed by atoms with E-state index >= 15 is 0 Å². The second-order valence-corrected chi connectivity index (χ2v) is 8.74. The molecule has 0 aromatic heterocycles. The van der Waals surface area contributed by atoms with Crippen molar-refractivity contribution in [2.24, 2.45) is 10.7 Å². The van der Waals surface area contributed by atoms with Gasteiger partial charge in [0.1, 0.15) is 6.04 Å². The summed E-state index contributed by atoms with van der Waals surface area (Å²) in [4.78, 5) is 29.9. The van der Waals surface area contributed by atoms with Crippen molar-refractivity contribution in [3.05, 3.63) is 95.1 Å². The van der Waals surface area contributed by atoms with Crippen molar-refractivity contribution in [3.63, 3.8) is 0 Å². The van der Waals surface area contributed by atoms with Crippen LogP contribution in [-0.4, -0.2) is 38.2 Å². The van der Waals surface area contributed by atoms with E-state index in [1.54, 1.807) is 19.1 Å². The molecular weight excluding hydrogens is 541 g/mol. The lowest BCUT2D eigenvalue weighted by molar-refractivity contribution is -0.139. The zero-order valence-electron chi connectivity index (χ0n) is 22.1. The summed E-state index contributed by atoms with van der Waals surface area (Å²) in [7, 11) is 1.40. The lowest BCUT2D eigenvalue weighted by Gasteiger charge is -2.26. The molecule has 1 aliphatic heterocycles. The number of methoxy groups -OCH3 is 1. The highest BCUT2D eigenvalue weighted by Gasteiger charge is 2.33. The van der Waals surface area contributed by atoms with Crippen molar-refractivity contribution >= 4 is 29.2 Å². The van der Waals surface area contributed by atoms with Gasteiger partial charge in [0.2, 0.25) is 0 Å². The molecule has 0 saturated carbocycles. The lowest BCUT2D eigenvalue weighted by Crippen LogP contribution is -2.37. The summed E-state index contributed by atoms with van der Waals surface area (Å²) in [6, 6.07) is 17.3. The minimum absolute atomic E-state index is 0.0235. The Balaban J connectivity index is 1.57. The van der Waals surface area contributed by atoms with Crippen LogP contribution in [0.4, 0.5) is 18.9 Å². The fourth-order valence-corrected chi connectivity index (χ4v) is 4.15. The van der Waals surface area contributed by atoms with Crippen molar-refractivity contribution in [2.75, 3.05) is 25.6 Å². The molecule has 4 rings (SSSR count). The first-order chi connectivity index (χ1) is 19.6. The first-order valence-corrected chi connectivity index (χ1v) is 12.5. The van der Waals surface area contributed by atoms with Crippen LogP contribution in [0.3, 0.4) is 0 Å². The van der Waals surface area contributed by atoms with Gasteiger partial charge in [0.05, 0.1) is 30.6 Å². The average Bonchev–Trinajstić information content (AvgIpc) is 2.95. The van der Waals surface area contributed by atoms with Gasteiger partial charge in [-0.2, -0.15) is 13.2 Å². The Bertz CT molecular complexity index is 1490. The molecule has 4 N–H and O–H groups in total. The van der Waals surface area contributed by atoms with Gasteiger partial charge in [-0.1, -0.05) is 42.5 Å². The molecule has 3 aromatic rings. The summed E-state index contributed by atoms with van der Waals surface area (Å²) < 4.78 is 55.3. The number of alkyl halides is 3. The van der Waals surface area contributed by atoms with Crippen molar-refractivity contribution < 1.29 is 37.0 Å². The first-order valence-electron chi connectivity index (χ1n) is 12.5. The molecule has 0 aliphatic carbocycles. The van der Waals surface area contributed by atoms with Crippen LogP contribution in [0.2, 0.25) is 0 Å². The van der Waals surface area contributed by atoms with Gasteiger partial charge in [-0.15, -0.1) is 0 Å². The Kier molecular flexibility index (Phi) is 8.81. The van der Waals surface area contributed by atoms with E-state index in [0.717, 1.165) is 12.1 Å². The normalized spacial score (nSPS) is 15.0. The second kappa shape index (κ2) is 12.5. The van der Waals surface area contributed by atoms with E-state index in [1.807, 2.05) is 30.3 Å². The highest BCUT2D eigenvalue weighted by Crippen LogP contribution is 2.38. The molecule has 1 aliphatic rings. The summed E-state index contributed by atoms with van der Waals surface area (Å²) in [5.41, 5.74) is 7.11. The Morgan fingerprint density at radius 3 is 2.46 bits per heavy atom. The van der Waals surface area contributed by atoms with Gasteiger partial charge in [0.15, 0.2) is 24.1 Å². The number of carbonyl (C=O) groups excluding carboxylic acids is 2. The van der Waals surface area contributed by atoms with Gasteiger partial charge in [0.25, 0.3) is 5.91 Å². The van der Waals surface area contributed by atoms with E-state index in [1.165, 1.54) is 25.3 Å². The molecule has 1 amide bonds. The minimum atomic E-state index is -4.54. The maximum absolute atomic E-state index is 13.1. The van der Waals surface area contributed by atoms with Gasteiger partial charge in [-0.25, -0.2) is 9.79 Å². The number of halogens is 3. The van der Waals surface area contributed by atoms with Crippen LogP contribution in [0.15, 0.2) is 83.4 Å². The van der Waals surface area contributed by atoms with Crippen molar-refractivity contribution in [1.82, 2.24) is 5.32 Å². The van der Waals surface area contributed by atoms with Crippen LogP contribution < -0.4 is 25.8 Å². The molecule has 41 heavy (non-hydrogen) atoms. The highest BCUT2D eigenvalue weighted by atomic mass is 19.4. The van der Waals surface area contributed by atoms with Crippen LogP contribution in [-0.2, 0) is 20.5 Å². The minimum Gasteiger partial charge on any atom is -0.493 e. The van der Waals surface area contributed by atoms with E-state index in [0.29, 0.717) is 16.8 Å². The van der Waals surface area contributed by atoms with Gasteiger partial charge < -0.3 is 30.6 Å². The zero-order chi connectivity index (χ0) is 29.6. The third kappa shape index (κ3) is 6.96. The largest absolute Gasteiger partial charge is 0.493 e. The number of aliphatic imine (C=N–C) groups is 1. The summed E-state index contributed by atoms with van der Waals surface area (Å²) in [5.74, 6) is -0.748. The van der Waals surface area contributed by atoms with E-state index in [9.17, 15) is 22.8 Å². The predicted molar refractivity (Wildman–Crippen MR) is 146 cm³/mol. The van der Waals surface area contributed by atoms with Gasteiger partial charge in [-0.05, 0) is 48.4 Å². The van der Waals surface area contributed by atoms with Crippen molar-refractivity contribution in [3.8, 4) is 11.5 Å². The number of nitrogens with zero attached hydrogens (tertiary/aromatic N) is 1. The fourth-order valence-electron chi connectivity index (χ4n) is 4.15.